The van der Waals surface area contributed by atoms with Crippen molar-refractivity contribution in [2.24, 2.45) is 0 Å². The lowest BCUT2D eigenvalue weighted by Gasteiger charge is -2.22. The molecule has 0 radical (unpaired) electrons. The highest BCUT2D eigenvalue weighted by molar-refractivity contribution is 7.85. The lowest BCUT2D eigenvalue weighted by atomic mass is 10.1. The summed E-state index contributed by atoms with van der Waals surface area (Å²) in [4.78, 5) is 11.7. The number of hydrogen-bond donors (Lipinski definition) is 1. The van der Waals surface area contributed by atoms with Gasteiger partial charge in [0.05, 0.1) is 11.8 Å². The van der Waals surface area contributed by atoms with Crippen molar-refractivity contribution in [3.63, 3.8) is 0 Å². The van der Waals surface area contributed by atoms with Crippen LogP contribution in [0.2, 0.25) is 5.22 Å². The van der Waals surface area contributed by atoms with E-state index in [0.717, 1.165) is 12.8 Å². The number of hydrogen-bond acceptors (Lipinski definition) is 3. The van der Waals surface area contributed by atoms with Gasteiger partial charge in [-0.15, -0.1) is 0 Å². The third kappa shape index (κ3) is 2.65. The summed E-state index contributed by atoms with van der Waals surface area (Å²) in [6.45, 7) is 0. The molecule has 6 heteroatoms. The first-order valence-electron chi connectivity index (χ1n) is 5.05. The maximum atomic E-state index is 11.7. The smallest absolute Gasteiger partial charge is 0.256 e. The van der Waals surface area contributed by atoms with E-state index in [0.29, 0.717) is 17.1 Å². The van der Waals surface area contributed by atoms with E-state index >= 15 is 0 Å². The first-order valence-corrected chi connectivity index (χ1v) is 6.92. The lowest BCUT2D eigenvalue weighted by Crippen LogP contribution is -2.39. The monoisotopic (exact) mass is 261 g/mol. The van der Waals surface area contributed by atoms with E-state index in [9.17, 15) is 9.00 Å². The van der Waals surface area contributed by atoms with Crippen LogP contribution in [-0.2, 0) is 10.8 Å². The van der Waals surface area contributed by atoms with E-state index < -0.39 is 10.8 Å². The molecular formula is C10H12ClNO3S. The summed E-state index contributed by atoms with van der Waals surface area (Å²) in [6.07, 6.45) is 2.90. The van der Waals surface area contributed by atoms with Crippen LogP contribution in [0, 0.1) is 0 Å². The van der Waals surface area contributed by atoms with E-state index in [1.54, 1.807) is 6.07 Å². The zero-order valence-electron chi connectivity index (χ0n) is 8.57. The number of carbonyl (C=O) groups is 1. The van der Waals surface area contributed by atoms with Crippen LogP contribution in [0.3, 0.4) is 0 Å². The van der Waals surface area contributed by atoms with Crippen LogP contribution in [-0.4, -0.2) is 27.7 Å². The van der Waals surface area contributed by atoms with Gasteiger partial charge in [0.1, 0.15) is 0 Å². The molecule has 1 fully saturated rings. The second kappa shape index (κ2) is 5.01. The van der Waals surface area contributed by atoms with Gasteiger partial charge in [0.25, 0.3) is 5.91 Å². The molecule has 1 N–H and O–H groups in total. The average Bonchev–Trinajstić information content (AvgIpc) is 2.68. The molecule has 0 bridgehead atoms. The summed E-state index contributed by atoms with van der Waals surface area (Å²) in [5, 5.41) is 2.97. The van der Waals surface area contributed by atoms with Crippen molar-refractivity contribution < 1.29 is 13.4 Å². The minimum absolute atomic E-state index is 0.0937. The fourth-order valence-corrected chi connectivity index (χ4v) is 3.16. The number of nitrogens with one attached hydrogen (secondary N) is 1. The number of carbonyl (C=O) groups excluding carboxylic acids is 1. The van der Waals surface area contributed by atoms with Gasteiger partial charge in [0, 0.05) is 28.3 Å². The van der Waals surface area contributed by atoms with Crippen molar-refractivity contribution in [1.82, 2.24) is 5.32 Å². The Kier molecular flexibility index (Phi) is 3.66. The van der Waals surface area contributed by atoms with Gasteiger partial charge in [-0.25, -0.2) is 0 Å². The molecule has 1 aliphatic heterocycles. The molecule has 1 saturated heterocycles. The van der Waals surface area contributed by atoms with Gasteiger partial charge in [-0.05, 0) is 30.5 Å². The molecule has 16 heavy (non-hydrogen) atoms. The van der Waals surface area contributed by atoms with Crippen molar-refractivity contribution in [3.05, 3.63) is 23.1 Å². The highest BCUT2D eigenvalue weighted by atomic mass is 35.5. The molecule has 1 aliphatic rings. The predicted molar refractivity (Wildman–Crippen MR) is 62.1 cm³/mol. The molecule has 0 aliphatic carbocycles. The lowest BCUT2D eigenvalue weighted by molar-refractivity contribution is 0.0934. The second-order valence-electron chi connectivity index (χ2n) is 3.70. The first kappa shape index (κ1) is 11.7. The first-order chi connectivity index (χ1) is 7.66. The molecule has 0 spiro atoms. The van der Waals surface area contributed by atoms with Gasteiger partial charge in [0.2, 0.25) is 5.22 Å². The summed E-state index contributed by atoms with van der Waals surface area (Å²) in [7, 11) is -0.713. The Labute approximate surface area is 101 Å². The second-order valence-corrected chi connectivity index (χ2v) is 5.74. The largest absolute Gasteiger partial charge is 0.452 e. The summed E-state index contributed by atoms with van der Waals surface area (Å²) in [5.41, 5.74) is 0.355. The maximum absolute atomic E-state index is 11.7. The molecule has 1 aromatic heterocycles. The fraction of sp³-hybridized carbons (Fsp3) is 0.500. The van der Waals surface area contributed by atoms with Crippen LogP contribution in [0.25, 0.3) is 0 Å². The Morgan fingerprint density at radius 2 is 2.19 bits per heavy atom. The highest BCUT2D eigenvalue weighted by Gasteiger charge is 2.21. The molecule has 0 saturated carbocycles. The highest BCUT2D eigenvalue weighted by Crippen LogP contribution is 2.17. The third-order valence-electron chi connectivity index (χ3n) is 2.59. The Bertz CT molecular complexity index is 408. The van der Waals surface area contributed by atoms with Crippen molar-refractivity contribution in [3.8, 4) is 0 Å². The number of halogens is 1. The molecule has 4 nitrogen and oxygen atoms in total. The van der Waals surface area contributed by atoms with Crippen LogP contribution in [0.4, 0.5) is 0 Å². The predicted octanol–water partition coefficient (Wildman–Crippen LogP) is 1.57. The van der Waals surface area contributed by atoms with Gasteiger partial charge < -0.3 is 9.73 Å². The Morgan fingerprint density at radius 3 is 2.75 bits per heavy atom. The summed E-state index contributed by atoms with van der Waals surface area (Å²) >= 11 is 5.70. The van der Waals surface area contributed by atoms with Gasteiger partial charge >= 0.3 is 0 Å². The molecular weight excluding hydrogens is 250 g/mol. The van der Waals surface area contributed by atoms with E-state index in [-0.39, 0.29) is 17.2 Å². The summed E-state index contributed by atoms with van der Waals surface area (Å²) < 4.78 is 16.0. The molecule has 0 unspecified atom stereocenters. The molecule has 1 aromatic rings. The van der Waals surface area contributed by atoms with Crippen LogP contribution in [0.1, 0.15) is 23.2 Å². The van der Waals surface area contributed by atoms with Crippen molar-refractivity contribution in [2.75, 3.05) is 11.5 Å². The molecule has 0 aromatic carbocycles. The summed E-state index contributed by atoms with van der Waals surface area (Å²) in [6, 6.07) is 1.63. The maximum Gasteiger partial charge on any atom is 0.256 e. The minimum Gasteiger partial charge on any atom is -0.452 e. The van der Waals surface area contributed by atoms with Crippen LogP contribution in [0.15, 0.2) is 16.7 Å². The van der Waals surface area contributed by atoms with Crippen LogP contribution < -0.4 is 5.32 Å². The average molecular weight is 262 g/mol. The number of amides is 1. The topological polar surface area (TPSA) is 59.3 Å². The standard InChI is InChI=1S/C10H12ClNO3S/c11-9-8(1-4-15-9)10(13)12-7-2-5-16(14)6-3-7/h1,4,7H,2-3,5-6H2,(H,12,13). The summed E-state index contributed by atoms with van der Waals surface area (Å²) in [5.74, 6) is 1.09. The Balaban J connectivity index is 1.93. The molecule has 1 amide bonds. The van der Waals surface area contributed by atoms with Gasteiger partial charge in [0.15, 0.2) is 0 Å². The SMILES string of the molecule is O=C(NC1CCS(=O)CC1)c1ccoc1Cl. The molecule has 0 atom stereocenters. The number of rotatable bonds is 2. The van der Waals surface area contributed by atoms with E-state index in [2.05, 4.69) is 5.32 Å². The van der Waals surface area contributed by atoms with Crippen LogP contribution >= 0.6 is 11.6 Å². The zero-order valence-corrected chi connectivity index (χ0v) is 10.1. The quantitative estimate of drug-likeness (QED) is 0.879. The molecule has 88 valence electrons. The van der Waals surface area contributed by atoms with E-state index in [4.69, 9.17) is 16.0 Å². The minimum atomic E-state index is -0.713. The molecule has 2 rings (SSSR count). The normalized spacial score (nSPS) is 25.3. The van der Waals surface area contributed by atoms with Crippen molar-refractivity contribution >= 4 is 28.3 Å². The molecule has 2 heterocycles. The Morgan fingerprint density at radius 1 is 1.50 bits per heavy atom. The number of furan rings is 1. The van der Waals surface area contributed by atoms with E-state index in [1.165, 1.54) is 6.26 Å². The van der Waals surface area contributed by atoms with Gasteiger partial charge in [-0.3, -0.25) is 9.00 Å². The zero-order chi connectivity index (χ0) is 11.5. The van der Waals surface area contributed by atoms with Gasteiger partial charge in [-0.2, -0.15) is 0 Å². The van der Waals surface area contributed by atoms with Gasteiger partial charge in [-0.1, -0.05) is 0 Å². The third-order valence-corrected chi connectivity index (χ3v) is 4.26. The fourth-order valence-electron chi connectivity index (χ4n) is 1.66. The van der Waals surface area contributed by atoms with E-state index in [1.807, 2.05) is 0 Å². The van der Waals surface area contributed by atoms with Crippen molar-refractivity contribution in [2.45, 2.75) is 18.9 Å². The van der Waals surface area contributed by atoms with Crippen LogP contribution in [0.5, 0.6) is 0 Å². The van der Waals surface area contributed by atoms with Crippen molar-refractivity contribution in [1.29, 1.82) is 0 Å². The Hall–Kier alpha value is -0.810.